The predicted octanol–water partition coefficient (Wildman–Crippen LogP) is 4.17. The molecule has 1 aliphatic heterocycles. The average molecular weight is 508 g/mol. The lowest BCUT2D eigenvalue weighted by Gasteiger charge is -2.34. The number of benzene rings is 3. The zero-order valence-corrected chi connectivity index (χ0v) is 18.7. The summed E-state index contributed by atoms with van der Waals surface area (Å²) in [5.74, 6) is -0.834. The molecule has 1 heterocycles. The van der Waals surface area contributed by atoms with E-state index in [0.29, 0.717) is 12.0 Å². The van der Waals surface area contributed by atoms with Crippen molar-refractivity contribution in [2.24, 2.45) is 0 Å². The van der Waals surface area contributed by atoms with Gasteiger partial charge in [0, 0.05) is 6.54 Å². The van der Waals surface area contributed by atoms with Gasteiger partial charge in [0.15, 0.2) is 0 Å². The van der Waals surface area contributed by atoms with Gasteiger partial charge in [-0.3, -0.25) is 10.0 Å². The molecule has 4 rings (SSSR count). The van der Waals surface area contributed by atoms with Crippen molar-refractivity contribution in [1.82, 2.24) is 9.79 Å². The second-order valence-electron chi connectivity index (χ2n) is 7.54. The maximum Gasteiger partial charge on any atom is 0.573 e. The van der Waals surface area contributed by atoms with E-state index in [1.165, 1.54) is 36.4 Å². The van der Waals surface area contributed by atoms with Crippen LogP contribution in [0.3, 0.4) is 0 Å². The number of carbonyl (C=O) groups is 1. The molecule has 0 fully saturated rings. The first-order valence-corrected chi connectivity index (χ1v) is 11.7. The van der Waals surface area contributed by atoms with Crippen molar-refractivity contribution in [2.75, 3.05) is 6.54 Å². The predicted molar refractivity (Wildman–Crippen MR) is 116 cm³/mol. The molecule has 0 radical (unpaired) electrons. The van der Waals surface area contributed by atoms with Crippen molar-refractivity contribution in [3.05, 3.63) is 83.9 Å². The van der Waals surface area contributed by atoms with Crippen LogP contribution >= 0.6 is 0 Å². The SMILES string of the molecule is O=C(NO)C1c2ccccc2CCN1S(=O)(=O)c1ccc(Oc2ccc(OC(F)(F)F)cc2)cc1. The van der Waals surface area contributed by atoms with E-state index in [-0.39, 0.29) is 22.9 Å². The zero-order chi connectivity index (χ0) is 25.2. The molecule has 0 spiro atoms. The normalized spacial score (nSPS) is 16.3. The molecule has 1 atom stereocenters. The van der Waals surface area contributed by atoms with Crippen LogP contribution in [0.1, 0.15) is 17.2 Å². The fourth-order valence-electron chi connectivity index (χ4n) is 3.80. The molecule has 2 N–H and O–H groups in total. The lowest BCUT2D eigenvalue weighted by molar-refractivity contribution is -0.274. The van der Waals surface area contributed by atoms with E-state index < -0.39 is 34.1 Å². The second kappa shape index (κ2) is 9.56. The van der Waals surface area contributed by atoms with Gasteiger partial charge in [0.25, 0.3) is 5.91 Å². The Morgan fingerprint density at radius 2 is 1.51 bits per heavy atom. The number of hydroxylamine groups is 1. The minimum atomic E-state index is -4.81. The van der Waals surface area contributed by atoms with E-state index in [1.807, 2.05) is 0 Å². The summed E-state index contributed by atoms with van der Waals surface area (Å²) < 4.78 is 74.0. The van der Waals surface area contributed by atoms with Crippen LogP contribution in [0.4, 0.5) is 13.2 Å². The molecule has 12 heteroatoms. The van der Waals surface area contributed by atoms with E-state index in [9.17, 15) is 31.6 Å². The van der Waals surface area contributed by atoms with Crippen LogP contribution in [-0.4, -0.2) is 36.7 Å². The molecular formula is C23H19F3N2O6S. The molecule has 1 amide bonds. The standard InChI is InChI=1S/C23H19F3N2O6S/c24-23(25,26)34-18-7-5-16(6-8-18)33-17-9-11-19(12-10-17)35(31,32)28-14-13-15-3-1-2-4-20(15)21(28)22(29)27-30/h1-12,21,30H,13-14H2,(H,27,29). The summed E-state index contributed by atoms with van der Waals surface area (Å²) in [5.41, 5.74) is 2.83. The Morgan fingerprint density at radius 3 is 2.11 bits per heavy atom. The number of ether oxygens (including phenoxy) is 2. The Kier molecular flexibility index (Phi) is 6.70. The number of carbonyl (C=O) groups excluding carboxylic acids is 1. The molecule has 0 aromatic heterocycles. The van der Waals surface area contributed by atoms with Gasteiger partial charge < -0.3 is 9.47 Å². The number of halogens is 3. The van der Waals surface area contributed by atoms with Crippen LogP contribution in [0.2, 0.25) is 0 Å². The van der Waals surface area contributed by atoms with Gasteiger partial charge in [-0.05, 0) is 66.1 Å². The number of sulfonamides is 1. The molecule has 8 nitrogen and oxygen atoms in total. The van der Waals surface area contributed by atoms with Gasteiger partial charge in [-0.2, -0.15) is 4.31 Å². The first kappa shape index (κ1) is 24.5. The van der Waals surface area contributed by atoms with Gasteiger partial charge in [0.1, 0.15) is 23.3 Å². The number of hydrogen-bond acceptors (Lipinski definition) is 6. The number of alkyl halides is 3. The lowest BCUT2D eigenvalue weighted by Crippen LogP contribution is -2.46. The maximum atomic E-state index is 13.4. The number of nitrogens with one attached hydrogen (secondary N) is 1. The van der Waals surface area contributed by atoms with Crippen molar-refractivity contribution >= 4 is 15.9 Å². The molecule has 1 aliphatic rings. The van der Waals surface area contributed by atoms with Gasteiger partial charge >= 0.3 is 6.36 Å². The highest BCUT2D eigenvalue weighted by atomic mass is 32.2. The fourth-order valence-corrected chi connectivity index (χ4v) is 5.37. The van der Waals surface area contributed by atoms with Crippen molar-refractivity contribution in [3.63, 3.8) is 0 Å². The quantitative estimate of drug-likeness (QED) is 0.383. The number of nitrogens with zero attached hydrogens (tertiary/aromatic N) is 1. The Labute approximate surface area is 198 Å². The third kappa shape index (κ3) is 5.39. The Morgan fingerprint density at radius 1 is 0.943 bits per heavy atom. The minimum Gasteiger partial charge on any atom is -0.457 e. The number of hydrogen-bond donors (Lipinski definition) is 2. The van der Waals surface area contributed by atoms with Crippen LogP contribution in [-0.2, 0) is 21.2 Å². The first-order chi connectivity index (χ1) is 16.6. The van der Waals surface area contributed by atoms with Crippen LogP contribution in [0.15, 0.2) is 77.7 Å². The summed E-state index contributed by atoms with van der Waals surface area (Å²) in [6, 6.07) is 15.7. The summed E-state index contributed by atoms with van der Waals surface area (Å²) in [7, 11) is -4.14. The molecule has 0 bridgehead atoms. The number of amides is 1. The summed E-state index contributed by atoms with van der Waals surface area (Å²) >= 11 is 0. The van der Waals surface area contributed by atoms with Crippen LogP contribution in [0.5, 0.6) is 17.2 Å². The van der Waals surface area contributed by atoms with Crippen molar-refractivity contribution in [2.45, 2.75) is 23.7 Å². The molecule has 3 aromatic carbocycles. The Balaban J connectivity index is 1.54. The van der Waals surface area contributed by atoms with Crippen LogP contribution in [0, 0.1) is 0 Å². The third-order valence-electron chi connectivity index (χ3n) is 5.32. The highest BCUT2D eigenvalue weighted by Gasteiger charge is 2.40. The summed E-state index contributed by atoms with van der Waals surface area (Å²) in [6.45, 7) is 0.0298. The van der Waals surface area contributed by atoms with E-state index in [0.717, 1.165) is 22.0 Å². The van der Waals surface area contributed by atoms with E-state index in [2.05, 4.69) is 4.74 Å². The minimum absolute atomic E-state index is 0.0298. The van der Waals surface area contributed by atoms with Crippen molar-refractivity contribution < 1.29 is 41.1 Å². The zero-order valence-electron chi connectivity index (χ0n) is 17.9. The van der Waals surface area contributed by atoms with Crippen LogP contribution < -0.4 is 15.0 Å². The average Bonchev–Trinajstić information content (AvgIpc) is 2.83. The fraction of sp³-hybridized carbons (Fsp3) is 0.174. The van der Waals surface area contributed by atoms with E-state index in [4.69, 9.17) is 4.74 Å². The molecule has 0 saturated heterocycles. The van der Waals surface area contributed by atoms with Gasteiger partial charge in [-0.25, -0.2) is 13.9 Å². The first-order valence-electron chi connectivity index (χ1n) is 10.3. The largest absolute Gasteiger partial charge is 0.573 e. The topological polar surface area (TPSA) is 105 Å². The summed E-state index contributed by atoms with van der Waals surface area (Å²) in [4.78, 5) is 12.3. The maximum absolute atomic E-state index is 13.4. The highest BCUT2D eigenvalue weighted by Crippen LogP contribution is 2.35. The molecule has 184 valence electrons. The van der Waals surface area contributed by atoms with Gasteiger partial charge in [-0.15, -0.1) is 13.2 Å². The third-order valence-corrected chi connectivity index (χ3v) is 7.20. The van der Waals surface area contributed by atoms with Crippen molar-refractivity contribution in [1.29, 1.82) is 0 Å². The lowest BCUT2D eigenvalue weighted by atomic mass is 9.94. The highest BCUT2D eigenvalue weighted by molar-refractivity contribution is 7.89. The van der Waals surface area contributed by atoms with E-state index >= 15 is 0 Å². The number of fused-ring (bicyclic) bond motifs is 1. The molecule has 0 aliphatic carbocycles. The Bertz CT molecular complexity index is 1310. The Hall–Kier alpha value is -3.61. The van der Waals surface area contributed by atoms with Gasteiger partial charge in [0.2, 0.25) is 10.0 Å². The molecular weight excluding hydrogens is 489 g/mol. The monoisotopic (exact) mass is 508 g/mol. The summed E-state index contributed by atoms with van der Waals surface area (Å²) in [6.07, 6.45) is -4.42. The molecule has 3 aromatic rings. The van der Waals surface area contributed by atoms with E-state index in [1.54, 1.807) is 29.7 Å². The number of rotatable bonds is 6. The molecule has 1 unspecified atom stereocenters. The van der Waals surface area contributed by atoms with Crippen LogP contribution in [0.25, 0.3) is 0 Å². The molecule has 35 heavy (non-hydrogen) atoms. The van der Waals surface area contributed by atoms with Gasteiger partial charge in [0.05, 0.1) is 4.90 Å². The molecule has 0 saturated carbocycles. The van der Waals surface area contributed by atoms with Crippen molar-refractivity contribution in [3.8, 4) is 17.2 Å². The second-order valence-corrected chi connectivity index (χ2v) is 9.43. The van der Waals surface area contributed by atoms with Gasteiger partial charge in [-0.1, -0.05) is 24.3 Å². The smallest absolute Gasteiger partial charge is 0.457 e. The summed E-state index contributed by atoms with van der Waals surface area (Å²) in [5, 5.41) is 9.21.